The number of unbranched alkanes of at least 4 members (excludes halogenated alkanes) is 1. The molecule has 66 heavy (non-hydrogen) atoms. The van der Waals surface area contributed by atoms with Crippen molar-refractivity contribution in [1.82, 2.24) is 0 Å². The predicted octanol–water partition coefficient (Wildman–Crippen LogP) is 9.61. The van der Waals surface area contributed by atoms with Gasteiger partial charge < -0.3 is 4.90 Å². The van der Waals surface area contributed by atoms with Gasteiger partial charge >= 0.3 is 0 Å². The van der Waals surface area contributed by atoms with Crippen molar-refractivity contribution in [2.75, 3.05) is 19.6 Å². The van der Waals surface area contributed by atoms with E-state index in [1.54, 1.807) is 4.90 Å². The number of benzene rings is 5. The van der Waals surface area contributed by atoms with Crippen LogP contribution in [-0.2, 0) is 12.8 Å². The molecule has 360 valence electrons. The van der Waals surface area contributed by atoms with Crippen LogP contribution in [0.15, 0.2) is 24.3 Å². The Balaban J connectivity index is 0.000000380. The Kier molecular flexibility index (Phi) is 17.1. The summed E-state index contributed by atoms with van der Waals surface area (Å²) in [6.45, 7) is 15.6. The van der Waals surface area contributed by atoms with Crippen molar-refractivity contribution < 1.29 is 92.7 Å². The molecule has 0 fully saturated rings. The number of hydrogen-bond acceptors (Lipinski definition) is 0. The van der Waals surface area contributed by atoms with Gasteiger partial charge in [-0.1, -0.05) is 58.9 Å². The first-order valence-corrected chi connectivity index (χ1v) is 19.9. The van der Waals surface area contributed by atoms with Gasteiger partial charge in [0, 0.05) is 11.8 Å². The zero-order valence-corrected chi connectivity index (χ0v) is 35.1. The Labute approximate surface area is 364 Å². The number of rotatable bonds is 14. The minimum Gasteiger partial charge on any atom is -0.335 e. The van der Waals surface area contributed by atoms with Gasteiger partial charge in [0.05, 0.1) is 19.6 Å². The van der Waals surface area contributed by atoms with Crippen LogP contribution in [0.25, 0.3) is 0 Å². The third-order valence-electron chi connectivity index (χ3n) is 10.8. The van der Waals surface area contributed by atoms with Gasteiger partial charge in [-0.15, -0.1) is 21.9 Å². The van der Waals surface area contributed by atoms with Crippen LogP contribution in [0.3, 0.4) is 0 Å². The highest BCUT2D eigenvalue weighted by molar-refractivity contribution is 7.20. The van der Waals surface area contributed by atoms with E-state index < -0.39 is 144 Å². The van der Waals surface area contributed by atoms with Gasteiger partial charge in [-0.3, -0.25) is 0 Å². The van der Waals surface area contributed by atoms with Gasteiger partial charge in [0.2, 0.25) is 0 Å². The fourth-order valence-electron chi connectivity index (χ4n) is 7.96. The van der Waals surface area contributed by atoms with E-state index in [2.05, 4.69) is 58.9 Å². The van der Waals surface area contributed by atoms with Gasteiger partial charge in [-0.05, 0) is 36.8 Å². The summed E-state index contributed by atoms with van der Waals surface area (Å²) in [5.74, 6) is -69.8. The first-order chi connectivity index (χ1) is 30.7. The second-order valence-electron chi connectivity index (χ2n) is 16.1. The molecule has 0 bridgehead atoms. The standard InChI is InChI=1S/C24BF20.C20H35N/c26-5-1(6(27)14(35)21(42)13(5)34)25(2-7(28)15(36)22(43)16(37)8(2)29,3-9(30)17(38)23(44)18(39)10(3)31)4-11(32)19(40)24(45)20(41)12(4)33;1-6-19-10-12-20(13-11-19)9-7-8-14-21(15-17(2)3)16-18(4)5/h;10-13,17-18H,6-9,14-16H2,1-5H3/q-1;/p+1. The summed E-state index contributed by atoms with van der Waals surface area (Å²) in [6, 6.07) is 9.19. The quantitative estimate of drug-likeness (QED) is 0.0372. The fourth-order valence-corrected chi connectivity index (χ4v) is 7.96. The summed E-state index contributed by atoms with van der Waals surface area (Å²) in [4.78, 5) is 1.79. The predicted molar refractivity (Wildman–Crippen MR) is 203 cm³/mol. The molecule has 0 heterocycles. The first kappa shape index (κ1) is 53.3. The average Bonchev–Trinajstić information content (AvgIpc) is 3.27. The lowest BCUT2D eigenvalue weighted by atomic mass is 9.12. The number of nitrogens with one attached hydrogen (secondary N) is 1. The lowest BCUT2D eigenvalue weighted by molar-refractivity contribution is -0.906. The van der Waals surface area contributed by atoms with Gasteiger partial charge in [-0.2, -0.15) is 0 Å². The van der Waals surface area contributed by atoms with Crippen LogP contribution in [0.2, 0.25) is 0 Å². The van der Waals surface area contributed by atoms with Crippen LogP contribution >= 0.6 is 0 Å². The summed E-state index contributed by atoms with van der Waals surface area (Å²) in [6.07, 6.45) is -2.16. The molecule has 0 unspecified atom stereocenters. The maximum absolute atomic E-state index is 15.4. The van der Waals surface area contributed by atoms with E-state index in [-0.39, 0.29) is 0 Å². The van der Waals surface area contributed by atoms with E-state index in [1.165, 1.54) is 50.0 Å². The second kappa shape index (κ2) is 21.1. The van der Waals surface area contributed by atoms with Gasteiger partial charge in [0.1, 0.15) is 52.7 Å². The molecule has 0 aliphatic carbocycles. The van der Waals surface area contributed by atoms with E-state index in [1.807, 2.05) is 0 Å². The van der Waals surface area contributed by atoms with Crippen molar-refractivity contribution >= 4 is 28.0 Å². The number of halogens is 20. The Morgan fingerprint density at radius 2 is 0.576 bits per heavy atom. The molecule has 0 saturated heterocycles. The van der Waals surface area contributed by atoms with Crippen LogP contribution < -0.4 is 26.8 Å². The zero-order valence-electron chi connectivity index (χ0n) is 35.1. The van der Waals surface area contributed by atoms with Crippen molar-refractivity contribution in [2.24, 2.45) is 11.8 Å². The van der Waals surface area contributed by atoms with Crippen LogP contribution in [0.1, 0.15) is 58.6 Å². The Bertz CT molecular complexity index is 2200. The van der Waals surface area contributed by atoms with Crippen molar-refractivity contribution in [3.63, 3.8) is 0 Å². The summed E-state index contributed by atoms with van der Waals surface area (Å²) in [5, 5.41) is 0. The third-order valence-corrected chi connectivity index (χ3v) is 10.8. The van der Waals surface area contributed by atoms with Crippen LogP contribution in [0.4, 0.5) is 87.8 Å². The SMILES string of the molecule is CCc1ccc(CCCC[NH+](CC(C)C)CC(C)C)cc1.Fc1c(F)c(F)c([B-](c2c(F)c(F)c(F)c(F)c2F)(c2c(F)c(F)c(F)c(F)c2F)c2c(F)c(F)c(F)c(F)c2F)c(F)c1F. The molecular weight excluding hydrogens is 933 g/mol. The zero-order chi connectivity index (χ0) is 50.0. The highest BCUT2D eigenvalue weighted by Crippen LogP contribution is 2.31. The minimum atomic E-state index is -7.22. The molecule has 0 aliphatic heterocycles. The molecule has 22 heteroatoms. The van der Waals surface area contributed by atoms with Crippen molar-refractivity contribution in [3.05, 3.63) is 152 Å². The molecular formula is C44H36BF20N. The van der Waals surface area contributed by atoms with Gasteiger partial charge in [0.15, 0.2) is 69.8 Å². The van der Waals surface area contributed by atoms with E-state index in [0.29, 0.717) is 0 Å². The molecule has 1 nitrogen and oxygen atoms in total. The molecule has 0 amide bonds. The average molecular weight is 970 g/mol. The van der Waals surface area contributed by atoms with Crippen LogP contribution in [0, 0.1) is 128 Å². The lowest BCUT2D eigenvalue weighted by Crippen LogP contribution is -3.13. The van der Waals surface area contributed by atoms with E-state index in [9.17, 15) is 52.7 Å². The van der Waals surface area contributed by atoms with E-state index in [0.717, 1.165) is 18.3 Å². The summed E-state index contributed by atoms with van der Waals surface area (Å²) in [7, 11) is 0. The third kappa shape index (κ3) is 9.74. The van der Waals surface area contributed by atoms with Gasteiger partial charge in [0.25, 0.3) is 0 Å². The highest BCUT2D eigenvalue weighted by Gasteiger charge is 2.52. The maximum atomic E-state index is 15.4. The van der Waals surface area contributed by atoms with Crippen molar-refractivity contribution in [2.45, 2.75) is 60.3 Å². The monoisotopic (exact) mass is 969 g/mol. The van der Waals surface area contributed by atoms with Crippen LogP contribution in [-0.4, -0.2) is 25.8 Å². The van der Waals surface area contributed by atoms with Crippen molar-refractivity contribution in [3.8, 4) is 0 Å². The molecule has 1 N–H and O–H groups in total. The molecule has 5 aromatic rings. The number of aryl methyl sites for hydroxylation is 2. The second-order valence-corrected chi connectivity index (χ2v) is 16.1. The minimum absolute atomic E-state index is 0.806. The number of quaternary nitrogens is 1. The summed E-state index contributed by atoms with van der Waals surface area (Å²) in [5.41, 5.74) is -11.4. The summed E-state index contributed by atoms with van der Waals surface area (Å²) >= 11 is 0. The molecule has 0 saturated carbocycles. The summed E-state index contributed by atoms with van der Waals surface area (Å²) < 4.78 is 294. The first-order valence-electron chi connectivity index (χ1n) is 19.9. The molecule has 5 aromatic carbocycles. The highest BCUT2D eigenvalue weighted by atomic mass is 19.2. The Morgan fingerprint density at radius 1 is 0.348 bits per heavy atom. The molecule has 0 aromatic heterocycles. The topological polar surface area (TPSA) is 4.44 Å². The maximum Gasteiger partial charge on any atom is 0.200 e. The largest absolute Gasteiger partial charge is 0.335 e. The molecule has 0 spiro atoms. The smallest absolute Gasteiger partial charge is 0.200 e. The number of hydrogen-bond donors (Lipinski definition) is 1. The molecule has 0 atom stereocenters. The Hall–Kier alpha value is -5.28. The van der Waals surface area contributed by atoms with Crippen LogP contribution in [0.5, 0.6) is 0 Å². The van der Waals surface area contributed by atoms with Gasteiger partial charge in [-0.25, -0.2) is 87.8 Å². The normalized spacial score (nSPS) is 11.9. The Morgan fingerprint density at radius 3 is 0.803 bits per heavy atom. The fraction of sp³-hybridized carbons (Fsp3) is 0.318. The van der Waals surface area contributed by atoms with E-state index in [4.69, 9.17) is 0 Å². The molecule has 0 aliphatic rings. The van der Waals surface area contributed by atoms with Crippen molar-refractivity contribution in [1.29, 1.82) is 0 Å². The molecule has 0 radical (unpaired) electrons. The molecule has 5 rings (SSSR count). The van der Waals surface area contributed by atoms with E-state index >= 15 is 35.1 Å². The lowest BCUT2D eigenvalue weighted by Gasteiger charge is -2.44.